The van der Waals surface area contributed by atoms with Gasteiger partial charge >= 0.3 is 5.97 Å². The summed E-state index contributed by atoms with van der Waals surface area (Å²) in [6, 6.07) is 5.78. The maximum Gasteiger partial charge on any atom is 0.345 e. The summed E-state index contributed by atoms with van der Waals surface area (Å²) in [5.41, 5.74) is 0. The minimum absolute atomic E-state index is 0.237. The molecule has 0 amide bonds. The van der Waals surface area contributed by atoms with E-state index in [0.29, 0.717) is 4.70 Å². The molecule has 0 aliphatic rings. The fourth-order valence-corrected chi connectivity index (χ4v) is 2.04. The molecule has 2 nitrogen and oxygen atoms in total. The van der Waals surface area contributed by atoms with Crippen LogP contribution in [-0.4, -0.2) is 11.1 Å². The Labute approximate surface area is 77.2 Å². The molecule has 13 heavy (non-hydrogen) atoms. The highest BCUT2D eigenvalue weighted by atomic mass is 32.1. The van der Waals surface area contributed by atoms with Gasteiger partial charge in [0.25, 0.3) is 0 Å². The highest BCUT2D eigenvalue weighted by Gasteiger charge is 2.08. The second kappa shape index (κ2) is 2.81. The van der Waals surface area contributed by atoms with Crippen LogP contribution >= 0.6 is 11.3 Å². The van der Waals surface area contributed by atoms with Crippen LogP contribution in [0.5, 0.6) is 0 Å². The van der Waals surface area contributed by atoms with Gasteiger partial charge in [-0.1, -0.05) is 6.07 Å². The Hall–Kier alpha value is -1.42. The molecular formula is C9H5FO2S. The van der Waals surface area contributed by atoms with Crippen LogP contribution < -0.4 is 0 Å². The number of rotatable bonds is 1. The minimum Gasteiger partial charge on any atom is -0.477 e. The van der Waals surface area contributed by atoms with E-state index in [9.17, 15) is 9.18 Å². The summed E-state index contributed by atoms with van der Waals surface area (Å²) < 4.78 is 13.4. The standard InChI is InChI=1S/C9H5FO2S/c10-6-2-1-5-3-8(9(11)12)13-7(5)4-6/h1-4H,(H,11,12). The molecule has 0 bridgehead atoms. The second-order valence-electron chi connectivity index (χ2n) is 2.60. The van der Waals surface area contributed by atoms with E-state index in [1.807, 2.05) is 0 Å². The fraction of sp³-hybridized carbons (Fsp3) is 0. The van der Waals surface area contributed by atoms with E-state index < -0.39 is 5.97 Å². The number of hydrogen-bond donors (Lipinski definition) is 1. The Morgan fingerprint density at radius 3 is 2.85 bits per heavy atom. The van der Waals surface area contributed by atoms with Crippen molar-refractivity contribution in [2.75, 3.05) is 0 Å². The van der Waals surface area contributed by atoms with E-state index in [0.717, 1.165) is 16.7 Å². The van der Waals surface area contributed by atoms with Crippen LogP contribution in [0.2, 0.25) is 0 Å². The lowest BCUT2D eigenvalue weighted by Crippen LogP contribution is -1.89. The topological polar surface area (TPSA) is 37.3 Å². The first-order chi connectivity index (χ1) is 6.16. The molecule has 1 N–H and O–H groups in total. The molecule has 0 saturated carbocycles. The summed E-state index contributed by atoms with van der Waals surface area (Å²) in [4.78, 5) is 10.8. The van der Waals surface area contributed by atoms with Gasteiger partial charge in [-0.25, -0.2) is 9.18 Å². The zero-order chi connectivity index (χ0) is 9.42. The van der Waals surface area contributed by atoms with Crippen molar-refractivity contribution in [3.8, 4) is 0 Å². The number of benzene rings is 1. The van der Waals surface area contributed by atoms with E-state index in [2.05, 4.69) is 0 Å². The number of thiophene rings is 1. The predicted octanol–water partition coefficient (Wildman–Crippen LogP) is 2.74. The van der Waals surface area contributed by atoms with Crippen LogP contribution in [0, 0.1) is 5.82 Å². The summed E-state index contributed by atoms with van der Waals surface area (Å²) in [6.07, 6.45) is 0. The molecule has 0 aliphatic heterocycles. The number of halogens is 1. The molecule has 0 atom stereocenters. The lowest BCUT2D eigenvalue weighted by atomic mass is 10.2. The van der Waals surface area contributed by atoms with Gasteiger partial charge in [0.2, 0.25) is 0 Å². The number of hydrogen-bond acceptors (Lipinski definition) is 2. The van der Waals surface area contributed by atoms with Gasteiger partial charge in [-0.15, -0.1) is 11.3 Å². The third kappa shape index (κ3) is 1.40. The van der Waals surface area contributed by atoms with Crippen molar-refractivity contribution >= 4 is 27.4 Å². The van der Waals surface area contributed by atoms with Crippen LogP contribution in [0.25, 0.3) is 10.1 Å². The zero-order valence-electron chi connectivity index (χ0n) is 6.45. The normalized spacial score (nSPS) is 10.5. The lowest BCUT2D eigenvalue weighted by molar-refractivity contribution is 0.0702. The SMILES string of the molecule is O=C(O)c1cc2ccc(F)cc2s1. The van der Waals surface area contributed by atoms with Gasteiger partial charge in [0.05, 0.1) is 0 Å². The second-order valence-corrected chi connectivity index (χ2v) is 3.68. The molecule has 4 heteroatoms. The first-order valence-electron chi connectivity index (χ1n) is 3.59. The number of carboxylic acid groups (broad SMARTS) is 1. The van der Waals surface area contributed by atoms with E-state index in [1.165, 1.54) is 12.1 Å². The van der Waals surface area contributed by atoms with Crippen molar-refractivity contribution in [3.63, 3.8) is 0 Å². The van der Waals surface area contributed by atoms with Crippen LogP contribution in [0.15, 0.2) is 24.3 Å². The Balaban J connectivity index is 2.68. The predicted molar refractivity (Wildman–Crippen MR) is 48.7 cm³/mol. The average Bonchev–Trinajstić information content (AvgIpc) is 2.46. The molecule has 0 fully saturated rings. The van der Waals surface area contributed by atoms with E-state index >= 15 is 0 Å². The number of aromatic carboxylic acids is 1. The van der Waals surface area contributed by atoms with E-state index in [1.54, 1.807) is 12.1 Å². The molecule has 1 aromatic heterocycles. The smallest absolute Gasteiger partial charge is 0.345 e. The summed E-state index contributed by atoms with van der Waals surface area (Å²) >= 11 is 1.08. The van der Waals surface area contributed by atoms with E-state index in [4.69, 9.17) is 5.11 Å². The van der Waals surface area contributed by atoms with Gasteiger partial charge < -0.3 is 5.11 Å². The Morgan fingerprint density at radius 1 is 1.38 bits per heavy atom. The van der Waals surface area contributed by atoms with Crippen molar-refractivity contribution in [2.45, 2.75) is 0 Å². The van der Waals surface area contributed by atoms with Gasteiger partial charge in [-0.05, 0) is 23.6 Å². The van der Waals surface area contributed by atoms with Crippen molar-refractivity contribution in [1.82, 2.24) is 0 Å². The maximum absolute atomic E-state index is 12.7. The van der Waals surface area contributed by atoms with Crippen LogP contribution in [0.1, 0.15) is 9.67 Å². The minimum atomic E-state index is -0.971. The monoisotopic (exact) mass is 196 g/mol. The Morgan fingerprint density at radius 2 is 2.15 bits per heavy atom. The molecule has 2 rings (SSSR count). The first-order valence-corrected chi connectivity index (χ1v) is 4.41. The van der Waals surface area contributed by atoms with Gasteiger partial charge in [0, 0.05) is 4.70 Å². The quantitative estimate of drug-likeness (QED) is 0.761. The first kappa shape index (κ1) is 8.19. The highest BCUT2D eigenvalue weighted by Crippen LogP contribution is 2.25. The van der Waals surface area contributed by atoms with Crippen molar-refractivity contribution in [3.05, 3.63) is 35.0 Å². The summed E-state index contributed by atoms with van der Waals surface area (Å²) in [5, 5.41) is 9.44. The molecule has 0 unspecified atom stereocenters. The van der Waals surface area contributed by atoms with E-state index in [-0.39, 0.29) is 10.7 Å². The lowest BCUT2D eigenvalue weighted by Gasteiger charge is -1.86. The molecule has 0 aliphatic carbocycles. The number of fused-ring (bicyclic) bond motifs is 1. The molecule has 0 radical (unpaired) electrons. The van der Waals surface area contributed by atoms with Crippen molar-refractivity contribution < 1.29 is 14.3 Å². The van der Waals surface area contributed by atoms with Gasteiger partial charge in [0.15, 0.2) is 0 Å². The molecule has 0 spiro atoms. The zero-order valence-corrected chi connectivity index (χ0v) is 7.27. The molecular weight excluding hydrogens is 191 g/mol. The third-order valence-corrected chi connectivity index (χ3v) is 2.78. The molecule has 2 aromatic rings. The third-order valence-electron chi connectivity index (χ3n) is 1.69. The highest BCUT2D eigenvalue weighted by molar-refractivity contribution is 7.20. The van der Waals surface area contributed by atoms with Crippen LogP contribution in [0.4, 0.5) is 4.39 Å². The van der Waals surface area contributed by atoms with Crippen LogP contribution in [-0.2, 0) is 0 Å². The van der Waals surface area contributed by atoms with Crippen LogP contribution in [0.3, 0.4) is 0 Å². The van der Waals surface area contributed by atoms with Gasteiger partial charge in [-0.3, -0.25) is 0 Å². The average molecular weight is 196 g/mol. The fourth-order valence-electron chi connectivity index (χ4n) is 1.11. The molecule has 1 aromatic carbocycles. The largest absolute Gasteiger partial charge is 0.477 e. The van der Waals surface area contributed by atoms with Crippen molar-refractivity contribution in [1.29, 1.82) is 0 Å². The summed E-state index contributed by atoms with van der Waals surface area (Å²) in [5.74, 6) is -1.31. The van der Waals surface area contributed by atoms with Crippen molar-refractivity contribution in [2.24, 2.45) is 0 Å². The number of carbonyl (C=O) groups is 1. The Kier molecular flexibility index (Phi) is 1.77. The molecule has 66 valence electrons. The Bertz CT molecular complexity index is 475. The summed E-state index contributed by atoms with van der Waals surface area (Å²) in [6.45, 7) is 0. The number of carboxylic acids is 1. The summed E-state index contributed by atoms with van der Waals surface area (Å²) in [7, 11) is 0. The maximum atomic E-state index is 12.7. The van der Waals surface area contributed by atoms with Gasteiger partial charge in [-0.2, -0.15) is 0 Å². The molecule has 0 saturated heterocycles. The van der Waals surface area contributed by atoms with Gasteiger partial charge in [0.1, 0.15) is 10.7 Å². The molecule has 1 heterocycles.